The van der Waals surface area contributed by atoms with Gasteiger partial charge >= 0.3 is 5.97 Å². The molecule has 1 aromatic rings. The number of carbonyl (C=O) groups is 1. The summed E-state index contributed by atoms with van der Waals surface area (Å²) < 4.78 is 10.3. The average molecular weight is 308 g/mol. The van der Waals surface area contributed by atoms with Crippen LogP contribution in [-0.2, 0) is 27.2 Å². The highest BCUT2D eigenvalue weighted by Crippen LogP contribution is 2.15. The van der Waals surface area contributed by atoms with E-state index in [0.29, 0.717) is 18.1 Å². The zero-order valence-electron chi connectivity index (χ0n) is 12.1. The number of nitrogens with zero attached hydrogens (tertiary/aromatic N) is 1. The highest BCUT2D eigenvalue weighted by Gasteiger charge is 2.23. The molecule has 0 saturated carbocycles. The van der Waals surface area contributed by atoms with Gasteiger partial charge in [0.1, 0.15) is 11.1 Å². The Morgan fingerprint density at radius 3 is 2.86 bits per heavy atom. The number of thiocarbonyl (C=S) groups is 1. The fraction of sp³-hybridized carbons (Fsp3) is 0.467. The van der Waals surface area contributed by atoms with Gasteiger partial charge in [0, 0.05) is 19.6 Å². The van der Waals surface area contributed by atoms with Crippen molar-refractivity contribution in [3.8, 4) is 0 Å². The van der Waals surface area contributed by atoms with Crippen molar-refractivity contribution in [2.75, 3.05) is 26.8 Å². The number of esters is 1. The molecule has 0 bridgehead atoms. The summed E-state index contributed by atoms with van der Waals surface area (Å²) in [5.41, 5.74) is 7.76. The molecular formula is C15H20N2O3S. The maximum Gasteiger partial charge on any atom is 0.309 e. The summed E-state index contributed by atoms with van der Waals surface area (Å²) in [6.07, 6.45) is 0.0944. The van der Waals surface area contributed by atoms with Gasteiger partial charge in [-0.2, -0.15) is 0 Å². The Bertz CT molecular complexity index is 521. The van der Waals surface area contributed by atoms with Gasteiger partial charge in [-0.25, -0.2) is 0 Å². The molecule has 2 rings (SSSR count). The first-order valence-corrected chi connectivity index (χ1v) is 7.28. The van der Waals surface area contributed by atoms with Gasteiger partial charge < -0.3 is 15.2 Å². The standard InChI is InChI=1S/C15H20N2O3S/c1-19-14(18)8-11-4-2-3-5-12(11)9-17-6-7-20-13(10-17)15(16)21/h2-5,13H,6-10H2,1H3,(H2,16,21). The number of ether oxygens (including phenoxy) is 2. The normalized spacial score (nSPS) is 19.2. The minimum atomic E-state index is -0.231. The summed E-state index contributed by atoms with van der Waals surface area (Å²) in [7, 11) is 1.40. The number of hydrogen-bond acceptors (Lipinski definition) is 5. The van der Waals surface area contributed by atoms with E-state index >= 15 is 0 Å². The SMILES string of the molecule is COC(=O)Cc1ccccc1CN1CCOC(C(N)=S)C1. The van der Waals surface area contributed by atoms with Gasteiger partial charge in [0.25, 0.3) is 0 Å². The second kappa shape index (κ2) is 7.49. The van der Waals surface area contributed by atoms with Crippen LogP contribution in [0.4, 0.5) is 0 Å². The van der Waals surface area contributed by atoms with E-state index in [-0.39, 0.29) is 18.5 Å². The Morgan fingerprint density at radius 1 is 1.48 bits per heavy atom. The first-order valence-electron chi connectivity index (χ1n) is 6.87. The molecule has 0 radical (unpaired) electrons. The molecule has 1 atom stereocenters. The molecule has 1 saturated heterocycles. The minimum Gasteiger partial charge on any atom is -0.469 e. The van der Waals surface area contributed by atoms with Crippen molar-refractivity contribution in [1.82, 2.24) is 4.90 Å². The first-order chi connectivity index (χ1) is 10.1. The maximum absolute atomic E-state index is 11.5. The maximum atomic E-state index is 11.5. The lowest BCUT2D eigenvalue weighted by atomic mass is 10.0. The average Bonchev–Trinajstić information content (AvgIpc) is 2.49. The van der Waals surface area contributed by atoms with Gasteiger partial charge in [-0.1, -0.05) is 36.5 Å². The second-order valence-corrected chi connectivity index (χ2v) is 5.49. The van der Waals surface area contributed by atoms with Crippen LogP contribution in [0.5, 0.6) is 0 Å². The lowest BCUT2D eigenvalue weighted by molar-refractivity contribution is -0.139. The smallest absolute Gasteiger partial charge is 0.309 e. The van der Waals surface area contributed by atoms with Crippen molar-refractivity contribution >= 4 is 23.2 Å². The number of benzene rings is 1. The van der Waals surface area contributed by atoms with Crippen LogP contribution >= 0.6 is 12.2 Å². The van der Waals surface area contributed by atoms with Crippen molar-refractivity contribution in [3.05, 3.63) is 35.4 Å². The molecule has 5 nitrogen and oxygen atoms in total. The fourth-order valence-corrected chi connectivity index (χ4v) is 2.51. The number of hydrogen-bond donors (Lipinski definition) is 1. The Morgan fingerprint density at radius 2 is 2.19 bits per heavy atom. The Kier molecular flexibility index (Phi) is 5.67. The molecule has 1 heterocycles. The van der Waals surface area contributed by atoms with E-state index in [1.807, 2.05) is 24.3 Å². The monoisotopic (exact) mass is 308 g/mol. The molecule has 1 fully saturated rings. The van der Waals surface area contributed by atoms with Crippen molar-refractivity contribution in [1.29, 1.82) is 0 Å². The van der Waals surface area contributed by atoms with Crippen LogP contribution < -0.4 is 5.73 Å². The van der Waals surface area contributed by atoms with Gasteiger partial charge in [0.05, 0.1) is 20.1 Å². The van der Waals surface area contributed by atoms with Gasteiger partial charge in [-0.15, -0.1) is 0 Å². The van der Waals surface area contributed by atoms with E-state index in [1.165, 1.54) is 7.11 Å². The molecule has 0 aromatic heterocycles. The van der Waals surface area contributed by atoms with Gasteiger partial charge in [-0.3, -0.25) is 9.69 Å². The summed E-state index contributed by atoms with van der Waals surface area (Å²) in [4.78, 5) is 14.1. The summed E-state index contributed by atoms with van der Waals surface area (Å²) in [6.45, 7) is 2.87. The predicted octanol–water partition coefficient (Wildman–Crippen LogP) is 0.889. The van der Waals surface area contributed by atoms with E-state index < -0.39 is 0 Å². The summed E-state index contributed by atoms with van der Waals surface area (Å²) >= 11 is 5.00. The van der Waals surface area contributed by atoms with Crippen molar-refractivity contribution < 1.29 is 14.3 Å². The number of nitrogens with two attached hydrogens (primary N) is 1. The molecule has 2 N–H and O–H groups in total. The lowest BCUT2D eigenvalue weighted by Gasteiger charge is -2.32. The zero-order chi connectivity index (χ0) is 15.2. The van der Waals surface area contributed by atoms with E-state index in [9.17, 15) is 4.79 Å². The van der Waals surface area contributed by atoms with Crippen molar-refractivity contribution in [2.45, 2.75) is 19.1 Å². The van der Waals surface area contributed by atoms with Crippen LogP contribution in [0.25, 0.3) is 0 Å². The third-order valence-corrected chi connectivity index (χ3v) is 3.81. The third kappa shape index (κ3) is 4.49. The van der Waals surface area contributed by atoms with Crippen LogP contribution in [0.3, 0.4) is 0 Å². The molecule has 1 aromatic carbocycles. The first kappa shape index (κ1) is 15.9. The van der Waals surface area contributed by atoms with E-state index in [1.54, 1.807) is 0 Å². The molecule has 1 aliphatic heterocycles. The lowest BCUT2D eigenvalue weighted by Crippen LogP contribution is -2.47. The fourth-order valence-electron chi connectivity index (χ4n) is 2.37. The number of carbonyl (C=O) groups excluding carboxylic acids is 1. The molecule has 21 heavy (non-hydrogen) atoms. The van der Waals surface area contributed by atoms with Crippen LogP contribution in [0.15, 0.2) is 24.3 Å². The number of methoxy groups -OCH3 is 1. The van der Waals surface area contributed by atoms with Crippen LogP contribution in [0.2, 0.25) is 0 Å². The molecule has 6 heteroatoms. The van der Waals surface area contributed by atoms with E-state index in [4.69, 9.17) is 27.4 Å². The molecule has 1 aliphatic rings. The van der Waals surface area contributed by atoms with Crippen molar-refractivity contribution in [2.24, 2.45) is 5.73 Å². The molecule has 1 unspecified atom stereocenters. The number of morpholine rings is 1. The molecule has 0 amide bonds. The summed E-state index contributed by atoms with van der Waals surface area (Å²) in [5, 5.41) is 0. The topological polar surface area (TPSA) is 64.8 Å². The summed E-state index contributed by atoms with van der Waals surface area (Å²) in [5.74, 6) is -0.231. The Balaban J connectivity index is 2.05. The quantitative estimate of drug-likeness (QED) is 0.644. The minimum absolute atomic E-state index is 0.193. The summed E-state index contributed by atoms with van der Waals surface area (Å²) in [6, 6.07) is 7.89. The van der Waals surface area contributed by atoms with Gasteiger partial charge in [0.15, 0.2) is 0 Å². The highest BCUT2D eigenvalue weighted by molar-refractivity contribution is 7.80. The second-order valence-electron chi connectivity index (χ2n) is 5.02. The third-order valence-electron chi connectivity index (χ3n) is 3.54. The largest absolute Gasteiger partial charge is 0.469 e. The Labute approximate surface area is 130 Å². The number of rotatable bonds is 5. The molecule has 0 aliphatic carbocycles. The van der Waals surface area contributed by atoms with Gasteiger partial charge in [0.2, 0.25) is 0 Å². The molecule has 114 valence electrons. The van der Waals surface area contributed by atoms with Crippen molar-refractivity contribution in [3.63, 3.8) is 0 Å². The molecule has 0 spiro atoms. The predicted molar refractivity (Wildman–Crippen MR) is 84.0 cm³/mol. The van der Waals surface area contributed by atoms with Crippen LogP contribution in [0.1, 0.15) is 11.1 Å². The van der Waals surface area contributed by atoms with Crippen LogP contribution in [-0.4, -0.2) is 48.8 Å². The van der Waals surface area contributed by atoms with Gasteiger partial charge in [-0.05, 0) is 11.1 Å². The van der Waals surface area contributed by atoms with E-state index in [0.717, 1.165) is 24.2 Å². The Hall–Kier alpha value is -1.50. The van der Waals surface area contributed by atoms with E-state index in [2.05, 4.69) is 4.90 Å². The van der Waals surface area contributed by atoms with Crippen LogP contribution in [0, 0.1) is 0 Å². The highest BCUT2D eigenvalue weighted by atomic mass is 32.1. The molecular weight excluding hydrogens is 288 g/mol. The zero-order valence-corrected chi connectivity index (χ0v) is 12.9.